The third kappa shape index (κ3) is 1.06. The molecule has 0 N–H and O–H groups in total. The third-order valence-corrected chi connectivity index (χ3v) is 4.51. The van der Waals surface area contributed by atoms with Crippen molar-refractivity contribution >= 4 is 49.7 Å². The van der Waals surface area contributed by atoms with E-state index in [9.17, 15) is 0 Å². The number of benzene rings is 3. The van der Waals surface area contributed by atoms with Gasteiger partial charge in [-0.25, -0.2) is 0 Å². The fraction of sp³-hybridized carbons (Fsp3) is 0. The summed E-state index contributed by atoms with van der Waals surface area (Å²) >= 11 is 6.44. The standard InChI is InChI=1S/C18H10ClN/c19-14-8-4-10-16-17(14)13-7-3-6-12-11-5-1-2-9-15(11)20(16)18(12)13/h1-10H. The Kier molecular flexibility index (Phi) is 1.81. The first-order valence-electron chi connectivity index (χ1n) is 6.68. The van der Waals surface area contributed by atoms with Gasteiger partial charge in [0.25, 0.3) is 0 Å². The average Bonchev–Trinajstić information content (AvgIpc) is 2.99. The molecule has 5 aromatic rings. The molecular weight excluding hydrogens is 266 g/mol. The average molecular weight is 276 g/mol. The highest BCUT2D eigenvalue weighted by atomic mass is 35.5. The van der Waals surface area contributed by atoms with Gasteiger partial charge in [-0.1, -0.05) is 54.1 Å². The molecule has 0 fully saturated rings. The first kappa shape index (κ1) is 10.5. The van der Waals surface area contributed by atoms with Gasteiger partial charge < -0.3 is 4.40 Å². The van der Waals surface area contributed by atoms with Gasteiger partial charge in [0.15, 0.2) is 0 Å². The molecule has 20 heavy (non-hydrogen) atoms. The molecule has 94 valence electrons. The van der Waals surface area contributed by atoms with E-state index in [4.69, 9.17) is 11.6 Å². The van der Waals surface area contributed by atoms with Crippen LogP contribution in [-0.2, 0) is 0 Å². The van der Waals surface area contributed by atoms with Crippen LogP contribution in [0.2, 0.25) is 5.02 Å². The first-order valence-corrected chi connectivity index (χ1v) is 7.05. The summed E-state index contributed by atoms with van der Waals surface area (Å²) in [6, 6.07) is 21.2. The molecule has 0 aliphatic rings. The highest BCUT2D eigenvalue weighted by Gasteiger charge is 2.17. The van der Waals surface area contributed by atoms with Crippen molar-refractivity contribution in [3.05, 3.63) is 65.7 Å². The summed E-state index contributed by atoms with van der Waals surface area (Å²) in [6.45, 7) is 0. The van der Waals surface area contributed by atoms with Crippen LogP contribution in [-0.4, -0.2) is 4.40 Å². The molecule has 2 heterocycles. The smallest absolute Gasteiger partial charge is 0.0621 e. The predicted octanol–water partition coefficient (Wildman–Crippen LogP) is 5.49. The second-order valence-electron chi connectivity index (χ2n) is 5.19. The lowest BCUT2D eigenvalue weighted by atomic mass is 10.1. The Hall–Kier alpha value is -2.25. The Balaban J connectivity index is 2.31. The number of halogens is 1. The van der Waals surface area contributed by atoms with Gasteiger partial charge in [0.05, 0.1) is 21.6 Å². The number of hydrogen-bond acceptors (Lipinski definition) is 0. The largest absolute Gasteiger partial charge is 0.308 e. The summed E-state index contributed by atoms with van der Waals surface area (Å²) in [5.41, 5.74) is 3.71. The molecule has 3 aromatic carbocycles. The Labute approximate surface area is 120 Å². The fourth-order valence-electron chi connectivity index (χ4n) is 3.44. The SMILES string of the molecule is Clc1cccc2c1c1cccc3c4ccccc4n2c31. The lowest BCUT2D eigenvalue weighted by Gasteiger charge is -1.98. The number of aromatic nitrogens is 1. The van der Waals surface area contributed by atoms with Gasteiger partial charge in [-0.3, -0.25) is 0 Å². The van der Waals surface area contributed by atoms with Crippen LogP contribution in [0.1, 0.15) is 0 Å². The van der Waals surface area contributed by atoms with E-state index in [-0.39, 0.29) is 0 Å². The minimum atomic E-state index is 0.822. The topological polar surface area (TPSA) is 4.41 Å². The van der Waals surface area contributed by atoms with Crippen LogP contribution in [0.4, 0.5) is 0 Å². The molecule has 0 saturated carbocycles. The van der Waals surface area contributed by atoms with Crippen molar-refractivity contribution in [3.8, 4) is 0 Å². The summed E-state index contributed by atoms with van der Waals surface area (Å²) in [4.78, 5) is 0. The molecule has 0 spiro atoms. The second kappa shape index (κ2) is 3.44. The van der Waals surface area contributed by atoms with Crippen molar-refractivity contribution in [1.82, 2.24) is 4.40 Å². The van der Waals surface area contributed by atoms with Gasteiger partial charge in [0.2, 0.25) is 0 Å². The van der Waals surface area contributed by atoms with E-state index in [1.54, 1.807) is 0 Å². The van der Waals surface area contributed by atoms with Crippen LogP contribution >= 0.6 is 11.6 Å². The van der Waals surface area contributed by atoms with Gasteiger partial charge >= 0.3 is 0 Å². The minimum Gasteiger partial charge on any atom is -0.308 e. The normalized spacial score (nSPS) is 12.2. The Morgan fingerprint density at radius 2 is 1.35 bits per heavy atom. The lowest BCUT2D eigenvalue weighted by molar-refractivity contribution is 1.37. The summed E-state index contributed by atoms with van der Waals surface area (Å²) in [6.07, 6.45) is 0. The Bertz CT molecular complexity index is 1100. The van der Waals surface area contributed by atoms with Crippen LogP contribution in [0.3, 0.4) is 0 Å². The van der Waals surface area contributed by atoms with Crippen molar-refractivity contribution in [1.29, 1.82) is 0 Å². The van der Waals surface area contributed by atoms with E-state index in [1.165, 1.54) is 32.7 Å². The van der Waals surface area contributed by atoms with Crippen molar-refractivity contribution in [3.63, 3.8) is 0 Å². The number of para-hydroxylation sites is 2. The number of rotatable bonds is 0. The quantitative estimate of drug-likeness (QED) is 0.352. The molecule has 0 aliphatic carbocycles. The number of fused-ring (bicyclic) bond motifs is 6. The van der Waals surface area contributed by atoms with E-state index in [2.05, 4.69) is 52.9 Å². The maximum absolute atomic E-state index is 6.44. The van der Waals surface area contributed by atoms with Gasteiger partial charge in [0, 0.05) is 21.5 Å². The zero-order chi connectivity index (χ0) is 13.3. The van der Waals surface area contributed by atoms with Crippen LogP contribution in [0, 0.1) is 0 Å². The van der Waals surface area contributed by atoms with Crippen molar-refractivity contribution in [2.45, 2.75) is 0 Å². The van der Waals surface area contributed by atoms with E-state index < -0.39 is 0 Å². The lowest BCUT2D eigenvalue weighted by Crippen LogP contribution is -1.79. The molecule has 2 heteroatoms. The number of nitrogens with zero attached hydrogens (tertiary/aromatic N) is 1. The molecule has 0 aliphatic heterocycles. The molecule has 5 rings (SSSR count). The fourth-order valence-corrected chi connectivity index (χ4v) is 3.71. The first-order chi connectivity index (χ1) is 9.86. The summed E-state index contributed by atoms with van der Waals surface area (Å²) in [5.74, 6) is 0. The summed E-state index contributed by atoms with van der Waals surface area (Å²) in [7, 11) is 0. The van der Waals surface area contributed by atoms with Crippen LogP contribution in [0.25, 0.3) is 38.1 Å². The molecule has 0 amide bonds. The van der Waals surface area contributed by atoms with Gasteiger partial charge in [0.1, 0.15) is 0 Å². The second-order valence-corrected chi connectivity index (χ2v) is 5.60. The molecule has 0 bridgehead atoms. The van der Waals surface area contributed by atoms with E-state index in [0.29, 0.717) is 0 Å². The van der Waals surface area contributed by atoms with E-state index >= 15 is 0 Å². The van der Waals surface area contributed by atoms with Gasteiger partial charge in [-0.2, -0.15) is 0 Å². The summed E-state index contributed by atoms with van der Waals surface area (Å²) < 4.78 is 2.33. The maximum atomic E-state index is 6.44. The molecule has 0 radical (unpaired) electrons. The van der Waals surface area contributed by atoms with Gasteiger partial charge in [-0.05, 0) is 18.2 Å². The minimum absolute atomic E-state index is 0.822. The Morgan fingerprint density at radius 3 is 2.30 bits per heavy atom. The molecule has 0 unspecified atom stereocenters. The highest BCUT2D eigenvalue weighted by Crippen LogP contribution is 2.40. The van der Waals surface area contributed by atoms with Crippen molar-refractivity contribution in [2.75, 3.05) is 0 Å². The maximum Gasteiger partial charge on any atom is 0.0621 e. The Morgan fingerprint density at radius 1 is 0.650 bits per heavy atom. The number of hydrogen-bond donors (Lipinski definition) is 0. The van der Waals surface area contributed by atoms with E-state index in [0.717, 1.165) is 10.4 Å². The molecule has 2 aromatic heterocycles. The van der Waals surface area contributed by atoms with Crippen molar-refractivity contribution < 1.29 is 0 Å². The summed E-state index contributed by atoms with van der Waals surface area (Å²) in [5, 5.41) is 5.81. The van der Waals surface area contributed by atoms with Crippen LogP contribution < -0.4 is 0 Å². The predicted molar refractivity (Wildman–Crippen MR) is 86.1 cm³/mol. The highest BCUT2D eigenvalue weighted by molar-refractivity contribution is 6.39. The van der Waals surface area contributed by atoms with Gasteiger partial charge in [-0.15, -0.1) is 0 Å². The zero-order valence-corrected chi connectivity index (χ0v) is 11.4. The zero-order valence-electron chi connectivity index (χ0n) is 10.6. The molecular formula is C18H10ClN. The van der Waals surface area contributed by atoms with Crippen LogP contribution in [0.15, 0.2) is 60.7 Å². The molecule has 1 nitrogen and oxygen atoms in total. The van der Waals surface area contributed by atoms with Crippen molar-refractivity contribution in [2.24, 2.45) is 0 Å². The van der Waals surface area contributed by atoms with Crippen LogP contribution in [0.5, 0.6) is 0 Å². The monoisotopic (exact) mass is 275 g/mol. The molecule has 0 atom stereocenters. The van der Waals surface area contributed by atoms with E-state index in [1.807, 2.05) is 12.1 Å². The third-order valence-electron chi connectivity index (χ3n) is 4.20. The molecule has 0 saturated heterocycles.